The summed E-state index contributed by atoms with van der Waals surface area (Å²) in [4.78, 5) is 14.5. The number of aromatic nitrogens is 1. The number of methoxy groups -OCH3 is 2. The molecule has 0 atom stereocenters. The minimum atomic E-state index is -4.45. The maximum Gasteiger partial charge on any atom is 0.416 e. The number of carbonyl (C=O) groups is 1. The van der Waals surface area contributed by atoms with Gasteiger partial charge in [0.15, 0.2) is 0 Å². The predicted octanol–water partition coefficient (Wildman–Crippen LogP) is 7.22. The molecular weight excluding hydrogens is 520 g/mol. The molecule has 0 N–H and O–H groups in total. The van der Waals surface area contributed by atoms with E-state index in [1.165, 1.54) is 20.1 Å². The smallest absolute Gasteiger partial charge is 0.416 e. The van der Waals surface area contributed by atoms with Gasteiger partial charge in [-0.3, -0.25) is 4.79 Å². The van der Waals surface area contributed by atoms with Crippen molar-refractivity contribution in [1.29, 1.82) is 0 Å². The summed E-state index contributed by atoms with van der Waals surface area (Å²) in [6.45, 7) is 9.15. The molecule has 0 aliphatic heterocycles. The van der Waals surface area contributed by atoms with Crippen LogP contribution in [0, 0.1) is 0 Å². The Morgan fingerprint density at radius 2 is 1.74 bits per heavy atom. The van der Waals surface area contributed by atoms with Crippen LogP contribution in [0.5, 0.6) is 5.88 Å². The molecule has 0 aliphatic rings. The van der Waals surface area contributed by atoms with Crippen molar-refractivity contribution in [3.8, 4) is 5.88 Å². The summed E-state index contributed by atoms with van der Waals surface area (Å²) >= 11 is 0. The van der Waals surface area contributed by atoms with Gasteiger partial charge >= 0.3 is 18.3 Å². The first-order chi connectivity index (χ1) is 17.6. The number of rotatable bonds is 13. The Bertz CT molecular complexity index is 923. The molecule has 0 aromatic carbocycles. The molecule has 0 spiro atoms. The Morgan fingerprint density at radius 1 is 1.08 bits per heavy atom. The number of carbonyl (C=O) groups excluding carboxylic acids is 1. The van der Waals surface area contributed by atoms with Crippen molar-refractivity contribution in [1.82, 2.24) is 4.98 Å². The highest BCUT2D eigenvalue weighted by Crippen LogP contribution is 2.30. The zero-order valence-corrected chi connectivity index (χ0v) is 22.2. The Balaban J connectivity index is 0.000000721. The van der Waals surface area contributed by atoms with Crippen LogP contribution in [-0.2, 0) is 25.2 Å². The van der Waals surface area contributed by atoms with Gasteiger partial charge in [-0.25, -0.2) is 4.98 Å². The van der Waals surface area contributed by atoms with Gasteiger partial charge in [0.2, 0.25) is 5.88 Å². The maximum atomic E-state index is 12.5. The molecule has 0 bridgehead atoms. The van der Waals surface area contributed by atoms with Crippen LogP contribution in [0.4, 0.5) is 26.3 Å². The van der Waals surface area contributed by atoms with Gasteiger partial charge in [-0.2, -0.15) is 26.3 Å². The number of esters is 1. The van der Waals surface area contributed by atoms with E-state index in [0.29, 0.717) is 19.4 Å². The van der Waals surface area contributed by atoms with E-state index in [1.807, 2.05) is 13.8 Å². The second kappa shape index (κ2) is 16.7. The normalized spacial score (nSPS) is 12.6. The summed E-state index contributed by atoms with van der Waals surface area (Å²) < 4.78 is 94.8. The highest BCUT2D eigenvalue weighted by molar-refractivity contribution is 5.69. The van der Waals surface area contributed by atoms with E-state index in [1.54, 1.807) is 7.11 Å². The molecule has 12 heteroatoms. The molecule has 1 rings (SSSR count). The molecule has 0 amide bonds. The number of pyridine rings is 1. The van der Waals surface area contributed by atoms with Crippen LogP contribution in [0.25, 0.3) is 0 Å². The van der Waals surface area contributed by atoms with E-state index in [2.05, 4.69) is 16.3 Å². The number of ether oxygens (including phenoxy) is 4. The minimum Gasteiger partial charge on any atom is -0.494 e. The van der Waals surface area contributed by atoms with Gasteiger partial charge in [0.05, 0.1) is 37.1 Å². The lowest BCUT2D eigenvalue weighted by Gasteiger charge is -2.22. The van der Waals surface area contributed by atoms with E-state index in [0.717, 1.165) is 36.9 Å². The van der Waals surface area contributed by atoms with Crippen LogP contribution >= 0.6 is 0 Å². The number of allylic oxidation sites excluding steroid dienone is 4. The number of halogens is 6. The summed E-state index contributed by atoms with van der Waals surface area (Å²) in [5.74, 6) is -0.505. The van der Waals surface area contributed by atoms with E-state index in [-0.39, 0.29) is 30.3 Å². The maximum absolute atomic E-state index is 12.5. The summed E-state index contributed by atoms with van der Waals surface area (Å²) in [6, 6.07) is 1.82. The molecule has 0 saturated carbocycles. The Kier molecular flexibility index (Phi) is 15.4. The molecular formula is C26H35F6NO5. The van der Waals surface area contributed by atoms with Crippen molar-refractivity contribution in [3.63, 3.8) is 0 Å². The summed E-state index contributed by atoms with van der Waals surface area (Å²) in [5.41, 5.74) is -1.85. The van der Waals surface area contributed by atoms with Gasteiger partial charge in [0, 0.05) is 25.8 Å². The van der Waals surface area contributed by atoms with Crippen LogP contribution in [0.1, 0.15) is 52.0 Å². The van der Waals surface area contributed by atoms with E-state index in [4.69, 9.17) is 14.2 Å². The highest BCUT2D eigenvalue weighted by Gasteiger charge is 2.32. The minimum absolute atomic E-state index is 0.00921. The van der Waals surface area contributed by atoms with Crippen molar-refractivity contribution >= 4 is 5.97 Å². The van der Waals surface area contributed by atoms with Crippen molar-refractivity contribution in [2.45, 2.75) is 64.4 Å². The SMILES string of the molecule is C=C(/C=C(\C=C/C)C(F)(F)F)OCCCC(=O)OC.COC(C)(C)CCCOc1cc(C(F)(F)F)ccn1. The third kappa shape index (κ3) is 16.0. The van der Waals surface area contributed by atoms with Gasteiger partial charge in [-0.05, 0) is 52.2 Å². The Morgan fingerprint density at radius 3 is 2.26 bits per heavy atom. The summed E-state index contributed by atoms with van der Waals surface area (Å²) in [6.07, 6.45) is -2.77. The molecule has 0 unspecified atom stereocenters. The fraction of sp³-hybridized carbons (Fsp3) is 0.538. The van der Waals surface area contributed by atoms with Crippen molar-refractivity contribution in [3.05, 3.63) is 60.0 Å². The van der Waals surface area contributed by atoms with E-state index < -0.39 is 29.5 Å². The Labute approximate surface area is 219 Å². The molecule has 6 nitrogen and oxygen atoms in total. The zero-order valence-electron chi connectivity index (χ0n) is 22.2. The first kappa shape index (κ1) is 35.0. The average Bonchev–Trinajstić information content (AvgIpc) is 2.83. The number of hydrogen-bond acceptors (Lipinski definition) is 6. The predicted molar refractivity (Wildman–Crippen MR) is 130 cm³/mol. The summed E-state index contributed by atoms with van der Waals surface area (Å²) in [5, 5.41) is 0. The quantitative estimate of drug-likeness (QED) is 0.0842. The molecule has 0 aliphatic carbocycles. The third-order valence-corrected chi connectivity index (χ3v) is 4.82. The summed E-state index contributed by atoms with van der Waals surface area (Å²) in [7, 11) is 2.88. The fourth-order valence-corrected chi connectivity index (χ4v) is 2.58. The highest BCUT2D eigenvalue weighted by atomic mass is 19.4. The molecule has 1 aromatic rings. The lowest BCUT2D eigenvalue weighted by atomic mass is 10.0. The van der Waals surface area contributed by atoms with Gasteiger partial charge < -0.3 is 18.9 Å². The Hall–Kier alpha value is -3.02. The van der Waals surface area contributed by atoms with Crippen LogP contribution in [-0.4, -0.2) is 50.2 Å². The largest absolute Gasteiger partial charge is 0.494 e. The number of hydrogen-bond donors (Lipinski definition) is 0. The van der Waals surface area contributed by atoms with E-state index >= 15 is 0 Å². The molecule has 38 heavy (non-hydrogen) atoms. The fourth-order valence-electron chi connectivity index (χ4n) is 2.58. The van der Waals surface area contributed by atoms with Gasteiger partial charge in [-0.1, -0.05) is 18.7 Å². The molecule has 1 heterocycles. The van der Waals surface area contributed by atoms with Crippen LogP contribution < -0.4 is 4.74 Å². The van der Waals surface area contributed by atoms with E-state index in [9.17, 15) is 31.1 Å². The lowest BCUT2D eigenvalue weighted by molar-refractivity contribution is -0.141. The molecule has 0 radical (unpaired) electrons. The standard InChI is InChI=1S/C13H18F3NO2.C13H17F3O3/c1-12(2,18-3)6-4-8-19-11-9-10(5-7-17-11)13(14,15)16;1-4-6-11(13(14,15)16)9-10(2)19-8-5-7-12(17)18-3/h5,7,9H,4,6,8H2,1-3H3;4,6,9H,2,5,7-8H2,1,3H3/b;6-4-,11-9+. The first-order valence-corrected chi connectivity index (χ1v) is 11.6. The number of alkyl halides is 6. The molecule has 1 aromatic heterocycles. The second-order valence-corrected chi connectivity index (χ2v) is 8.39. The molecule has 0 saturated heterocycles. The topological polar surface area (TPSA) is 66.9 Å². The zero-order chi connectivity index (χ0) is 29.4. The first-order valence-electron chi connectivity index (χ1n) is 11.6. The molecule has 0 fully saturated rings. The monoisotopic (exact) mass is 555 g/mol. The van der Waals surface area contributed by atoms with Crippen LogP contribution in [0.3, 0.4) is 0 Å². The van der Waals surface area contributed by atoms with Crippen molar-refractivity contribution in [2.75, 3.05) is 27.4 Å². The van der Waals surface area contributed by atoms with Crippen molar-refractivity contribution < 1.29 is 50.1 Å². The lowest BCUT2D eigenvalue weighted by Crippen LogP contribution is -2.23. The van der Waals surface area contributed by atoms with Crippen LogP contribution in [0.15, 0.2) is 54.5 Å². The van der Waals surface area contributed by atoms with Gasteiger partial charge in [0.1, 0.15) is 5.76 Å². The average molecular weight is 556 g/mol. The van der Waals surface area contributed by atoms with Gasteiger partial charge in [0.25, 0.3) is 0 Å². The molecule has 216 valence electrons. The van der Waals surface area contributed by atoms with Crippen molar-refractivity contribution in [2.24, 2.45) is 0 Å². The third-order valence-electron chi connectivity index (χ3n) is 4.82. The van der Waals surface area contributed by atoms with Gasteiger partial charge in [-0.15, -0.1) is 0 Å². The van der Waals surface area contributed by atoms with Crippen LogP contribution in [0.2, 0.25) is 0 Å². The number of nitrogens with zero attached hydrogens (tertiary/aromatic N) is 1. The second-order valence-electron chi connectivity index (χ2n) is 8.39.